The van der Waals surface area contributed by atoms with Gasteiger partial charge in [0.25, 0.3) is 0 Å². The van der Waals surface area contributed by atoms with Gasteiger partial charge in [0.15, 0.2) is 0 Å². The number of aromatic nitrogens is 2. The Hall–Kier alpha value is -7.94. The quantitative estimate of drug-likeness (QED) is 0.160. The topological polar surface area (TPSA) is 9.86 Å². The third-order valence-corrected chi connectivity index (χ3v) is 12.3. The molecule has 2 aromatic heterocycles. The third-order valence-electron chi connectivity index (χ3n) is 12.3. The van der Waals surface area contributed by atoms with Gasteiger partial charge in [-0.25, -0.2) is 0 Å². The molecule has 0 atom stereocenters. The third kappa shape index (κ3) is 5.57. The molecule has 0 bridgehead atoms. The van der Waals surface area contributed by atoms with Crippen molar-refractivity contribution >= 4 is 54.4 Å². The molecule has 0 aliphatic heterocycles. The molecule has 2 heterocycles. The average Bonchev–Trinajstić information content (AvgIpc) is 3.83. The van der Waals surface area contributed by atoms with Gasteiger partial charge in [0.2, 0.25) is 0 Å². The number of hydrogen-bond donors (Lipinski definition) is 0. The maximum Gasteiger partial charge on any atom is 0.0547 e. The predicted molar refractivity (Wildman–Crippen MR) is 254 cm³/mol. The summed E-state index contributed by atoms with van der Waals surface area (Å²) in [6.07, 6.45) is 0. The SMILES string of the molecule is c1ccc(-c2ccc3c4cc(-c5ccc6c(c5)c5ccccc5n6-c5ccc(-c6ccc7ccccc7c6)cc5)ccc4n(-c4ccccc4-c4ccccc4)c3c2)cc1. The summed E-state index contributed by atoms with van der Waals surface area (Å²) in [4.78, 5) is 0. The highest BCUT2D eigenvalue weighted by molar-refractivity contribution is 6.13. The van der Waals surface area contributed by atoms with Crippen molar-refractivity contribution in [2.24, 2.45) is 0 Å². The molecule has 2 heteroatoms. The first-order valence-corrected chi connectivity index (χ1v) is 20.7. The van der Waals surface area contributed by atoms with E-state index in [1.807, 2.05) is 0 Å². The van der Waals surface area contributed by atoms with Crippen molar-refractivity contribution in [2.45, 2.75) is 0 Å². The van der Waals surface area contributed by atoms with Crippen LogP contribution < -0.4 is 0 Å². The van der Waals surface area contributed by atoms with Crippen LogP contribution in [-0.4, -0.2) is 9.13 Å². The molecule has 2 nitrogen and oxygen atoms in total. The summed E-state index contributed by atoms with van der Waals surface area (Å²) in [5.74, 6) is 0. The number of fused-ring (bicyclic) bond motifs is 7. The fourth-order valence-electron chi connectivity index (χ4n) is 9.40. The van der Waals surface area contributed by atoms with Crippen molar-refractivity contribution in [3.05, 3.63) is 231 Å². The minimum absolute atomic E-state index is 1.15. The minimum Gasteiger partial charge on any atom is -0.309 e. The number of benzene rings is 10. The molecule has 0 saturated carbocycles. The van der Waals surface area contributed by atoms with Crippen LogP contribution in [0.2, 0.25) is 0 Å². The zero-order chi connectivity index (χ0) is 39.6. The Bertz CT molecular complexity index is 3570. The van der Waals surface area contributed by atoms with E-state index in [1.54, 1.807) is 0 Å². The standard InChI is InChI=1S/C58H38N2/c1-3-13-39(14-4-1)47-27-32-51-53-37-46(29-34-57(53)60(58(51)38-47)54-21-11-9-19-49(54)42-16-5-2-6-17-42)45-28-33-56-52(36-45)50-20-10-12-22-55(50)59(56)48-30-25-41(26-31-48)44-24-23-40-15-7-8-18-43(40)35-44/h1-38H. The summed E-state index contributed by atoms with van der Waals surface area (Å²) in [5.41, 5.74) is 16.8. The average molecular weight is 763 g/mol. The molecule has 0 fully saturated rings. The fraction of sp³-hybridized carbons (Fsp3) is 0. The molecule has 0 saturated heterocycles. The molecular weight excluding hydrogens is 725 g/mol. The van der Waals surface area contributed by atoms with Gasteiger partial charge in [0, 0.05) is 32.8 Å². The van der Waals surface area contributed by atoms with Gasteiger partial charge in [0.1, 0.15) is 0 Å². The van der Waals surface area contributed by atoms with Crippen LogP contribution in [0.1, 0.15) is 0 Å². The number of hydrogen-bond acceptors (Lipinski definition) is 0. The summed E-state index contributed by atoms with van der Waals surface area (Å²) in [5, 5.41) is 7.48. The highest BCUT2D eigenvalue weighted by Crippen LogP contribution is 2.41. The van der Waals surface area contributed by atoms with Crippen molar-refractivity contribution < 1.29 is 0 Å². The van der Waals surface area contributed by atoms with Crippen LogP contribution in [0.3, 0.4) is 0 Å². The monoisotopic (exact) mass is 762 g/mol. The van der Waals surface area contributed by atoms with E-state index < -0.39 is 0 Å². The molecule has 10 aromatic carbocycles. The number of nitrogens with zero attached hydrogens (tertiary/aromatic N) is 2. The second-order valence-electron chi connectivity index (χ2n) is 15.7. The van der Waals surface area contributed by atoms with E-state index in [2.05, 4.69) is 240 Å². The molecule has 12 rings (SSSR count). The van der Waals surface area contributed by atoms with Crippen molar-refractivity contribution in [3.8, 4) is 55.9 Å². The van der Waals surface area contributed by atoms with Crippen molar-refractivity contribution in [1.82, 2.24) is 9.13 Å². The molecule has 0 aliphatic carbocycles. The van der Waals surface area contributed by atoms with Crippen molar-refractivity contribution in [3.63, 3.8) is 0 Å². The van der Waals surface area contributed by atoms with E-state index in [-0.39, 0.29) is 0 Å². The molecule has 0 spiro atoms. The van der Waals surface area contributed by atoms with Gasteiger partial charge in [-0.15, -0.1) is 0 Å². The Morgan fingerprint density at radius 2 is 0.733 bits per heavy atom. The maximum absolute atomic E-state index is 2.46. The first kappa shape index (κ1) is 34.1. The first-order valence-electron chi connectivity index (χ1n) is 20.7. The second-order valence-corrected chi connectivity index (χ2v) is 15.7. The summed E-state index contributed by atoms with van der Waals surface area (Å²) < 4.78 is 4.87. The normalized spacial score (nSPS) is 11.7. The lowest BCUT2D eigenvalue weighted by atomic mass is 9.99. The van der Waals surface area contributed by atoms with Crippen LogP contribution in [0.25, 0.3) is 110 Å². The van der Waals surface area contributed by atoms with E-state index in [9.17, 15) is 0 Å². The zero-order valence-electron chi connectivity index (χ0n) is 32.8. The predicted octanol–water partition coefficient (Wildman–Crippen LogP) is 15.7. The van der Waals surface area contributed by atoms with Gasteiger partial charge in [0.05, 0.1) is 27.8 Å². The van der Waals surface area contributed by atoms with Crippen LogP contribution in [0.5, 0.6) is 0 Å². The number of para-hydroxylation sites is 2. The van der Waals surface area contributed by atoms with E-state index in [0.29, 0.717) is 0 Å². The molecule has 0 radical (unpaired) electrons. The number of rotatable bonds is 6. The van der Waals surface area contributed by atoms with Crippen molar-refractivity contribution in [2.75, 3.05) is 0 Å². The molecule has 0 amide bonds. The molecule has 0 aliphatic rings. The molecule has 12 aromatic rings. The lowest BCUT2D eigenvalue weighted by Gasteiger charge is -2.14. The highest BCUT2D eigenvalue weighted by Gasteiger charge is 2.19. The summed E-state index contributed by atoms with van der Waals surface area (Å²) in [7, 11) is 0. The molecule has 60 heavy (non-hydrogen) atoms. The largest absolute Gasteiger partial charge is 0.309 e. The molecule has 0 unspecified atom stereocenters. The van der Waals surface area contributed by atoms with Crippen LogP contribution in [0, 0.1) is 0 Å². The van der Waals surface area contributed by atoms with Gasteiger partial charge in [-0.1, -0.05) is 170 Å². The van der Waals surface area contributed by atoms with Gasteiger partial charge in [-0.2, -0.15) is 0 Å². The van der Waals surface area contributed by atoms with Crippen LogP contribution in [-0.2, 0) is 0 Å². The summed E-state index contributed by atoms with van der Waals surface area (Å²) in [6, 6.07) is 84.2. The second kappa shape index (κ2) is 13.9. The van der Waals surface area contributed by atoms with E-state index in [1.165, 1.54) is 105 Å². The van der Waals surface area contributed by atoms with Crippen LogP contribution in [0.4, 0.5) is 0 Å². The smallest absolute Gasteiger partial charge is 0.0547 e. The fourth-order valence-corrected chi connectivity index (χ4v) is 9.40. The Labute approximate surface area is 348 Å². The molecular formula is C58H38N2. The maximum atomic E-state index is 2.46. The van der Waals surface area contributed by atoms with E-state index >= 15 is 0 Å². The molecule has 280 valence electrons. The Balaban J connectivity index is 0.999. The van der Waals surface area contributed by atoms with Gasteiger partial charge < -0.3 is 9.13 Å². The summed E-state index contributed by atoms with van der Waals surface area (Å²) in [6.45, 7) is 0. The van der Waals surface area contributed by atoms with Crippen molar-refractivity contribution in [1.29, 1.82) is 0 Å². The first-order chi connectivity index (χ1) is 29.7. The van der Waals surface area contributed by atoms with Gasteiger partial charge >= 0.3 is 0 Å². The Kier molecular flexibility index (Phi) is 7.89. The van der Waals surface area contributed by atoms with Crippen LogP contribution >= 0.6 is 0 Å². The lowest BCUT2D eigenvalue weighted by molar-refractivity contribution is 1.18. The Morgan fingerprint density at radius 3 is 1.50 bits per heavy atom. The van der Waals surface area contributed by atoms with E-state index in [4.69, 9.17) is 0 Å². The van der Waals surface area contributed by atoms with Gasteiger partial charge in [-0.05, 0) is 110 Å². The minimum atomic E-state index is 1.15. The Morgan fingerprint density at radius 1 is 0.233 bits per heavy atom. The molecule has 0 N–H and O–H groups in total. The highest BCUT2D eigenvalue weighted by atomic mass is 15.0. The van der Waals surface area contributed by atoms with Gasteiger partial charge in [-0.3, -0.25) is 0 Å². The lowest BCUT2D eigenvalue weighted by Crippen LogP contribution is -1.97. The van der Waals surface area contributed by atoms with E-state index in [0.717, 1.165) is 5.69 Å². The van der Waals surface area contributed by atoms with Crippen LogP contribution in [0.15, 0.2) is 231 Å². The summed E-state index contributed by atoms with van der Waals surface area (Å²) >= 11 is 0. The zero-order valence-corrected chi connectivity index (χ0v) is 32.8.